The lowest BCUT2D eigenvalue weighted by atomic mass is 9.83. The van der Waals surface area contributed by atoms with Crippen molar-refractivity contribution in [2.24, 2.45) is 10.9 Å². The molecule has 0 bridgehead atoms. The normalized spacial score (nSPS) is 22.5. The van der Waals surface area contributed by atoms with Crippen LogP contribution in [0.4, 0.5) is 21.9 Å². The molecule has 1 aliphatic carbocycles. The van der Waals surface area contributed by atoms with Gasteiger partial charge in [0.05, 0.1) is 11.4 Å². The highest BCUT2D eigenvalue weighted by Gasteiger charge is 2.36. The standard InChI is InChI=1S/C35H47N5O3/c1-2-21-40-31-14-8-7-13-30(31)32(26-11-5-3-6-12-26)37-33(34(40)41)43-35(42)36-27-15-17-28(18-16-27)39-24-19-29(20-25-39)38-22-9-4-10-23-38/h7-8,13-18,26,29,33H,2-6,9-12,19-25H2,1H3,(H,36,42). The number of carbonyl (C=O) groups excluding carboxylic acids is 2. The van der Waals surface area contributed by atoms with Crippen LogP contribution in [0.2, 0.25) is 0 Å². The minimum absolute atomic E-state index is 0.260. The van der Waals surface area contributed by atoms with E-state index in [9.17, 15) is 9.59 Å². The molecule has 0 aromatic heterocycles. The number of hydrogen-bond donors (Lipinski definition) is 1. The van der Waals surface area contributed by atoms with E-state index in [1.54, 1.807) is 4.90 Å². The lowest BCUT2D eigenvalue weighted by molar-refractivity contribution is -0.126. The maximum absolute atomic E-state index is 13.8. The number of hydrogen-bond acceptors (Lipinski definition) is 6. The van der Waals surface area contributed by atoms with Crippen molar-refractivity contribution < 1.29 is 14.3 Å². The van der Waals surface area contributed by atoms with Crippen LogP contribution in [0.15, 0.2) is 53.5 Å². The van der Waals surface area contributed by atoms with Crippen molar-refractivity contribution in [3.63, 3.8) is 0 Å². The SMILES string of the molecule is CCCN1C(=O)C(OC(=O)Nc2ccc(N3CCC(N4CCCCC4)CC3)cc2)N=C(C2CCCCC2)c2ccccc21. The first-order chi connectivity index (χ1) is 21.1. The Bertz CT molecular complexity index is 1270. The Balaban J connectivity index is 1.12. The first kappa shape index (κ1) is 29.7. The number of nitrogens with one attached hydrogen (secondary N) is 1. The highest BCUT2D eigenvalue weighted by Crippen LogP contribution is 2.34. The van der Waals surface area contributed by atoms with Crippen LogP contribution in [-0.4, -0.2) is 67.6 Å². The number of likely N-dealkylation sites (tertiary alicyclic amines) is 1. The van der Waals surface area contributed by atoms with Crippen molar-refractivity contribution in [3.05, 3.63) is 54.1 Å². The fraction of sp³-hybridized carbons (Fsp3) is 0.571. The molecule has 8 heteroatoms. The molecule has 1 N–H and O–H groups in total. The third-order valence-corrected chi connectivity index (χ3v) is 9.71. The summed E-state index contributed by atoms with van der Waals surface area (Å²) in [6, 6.07) is 16.7. The maximum Gasteiger partial charge on any atom is 0.414 e. The van der Waals surface area contributed by atoms with Gasteiger partial charge in [0.2, 0.25) is 0 Å². The fourth-order valence-electron chi connectivity index (χ4n) is 7.44. The molecule has 1 unspecified atom stereocenters. The number of ether oxygens (including phenoxy) is 1. The van der Waals surface area contributed by atoms with Crippen LogP contribution in [0, 0.1) is 5.92 Å². The molecule has 3 heterocycles. The monoisotopic (exact) mass is 585 g/mol. The summed E-state index contributed by atoms with van der Waals surface area (Å²) in [6.45, 7) is 7.21. The van der Waals surface area contributed by atoms with E-state index in [0.717, 1.165) is 62.2 Å². The van der Waals surface area contributed by atoms with Crippen LogP contribution < -0.4 is 15.1 Å². The summed E-state index contributed by atoms with van der Waals surface area (Å²) in [5.41, 5.74) is 4.56. The first-order valence-electron chi connectivity index (χ1n) is 16.7. The number of benzene rings is 2. The van der Waals surface area contributed by atoms with E-state index >= 15 is 0 Å². The number of fused-ring (bicyclic) bond motifs is 1. The van der Waals surface area contributed by atoms with E-state index in [2.05, 4.69) is 33.3 Å². The van der Waals surface area contributed by atoms with E-state index in [-0.39, 0.29) is 11.8 Å². The second kappa shape index (κ2) is 13.9. The molecule has 0 spiro atoms. The number of amides is 2. The van der Waals surface area contributed by atoms with E-state index in [4.69, 9.17) is 9.73 Å². The van der Waals surface area contributed by atoms with E-state index in [1.807, 2.05) is 37.3 Å². The number of carbonyl (C=O) groups is 2. The topological polar surface area (TPSA) is 77.5 Å². The van der Waals surface area contributed by atoms with Crippen LogP contribution >= 0.6 is 0 Å². The molecule has 3 aliphatic heterocycles. The smallest absolute Gasteiger partial charge is 0.414 e. The summed E-state index contributed by atoms with van der Waals surface area (Å²) in [7, 11) is 0. The Morgan fingerprint density at radius 3 is 2.30 bits per heavy atom. The second-order valence-electron chi connectivity index (χ2n) is 12.6. The van der Waals surface area contributed by atoms with Gasteiger partial charge in [-0.25, -0.2) is 9.79 Å². The quantitative estimate of drug-likeness (QED) is 0.385. The summed E-state index contributed by atoms with van der Waals surface area (Å²) in [5.74, 6) is -0.0329. The summed E-state index contributed by atoms with van der Waals surface area (Å²) < 4.78 is 5.79. The number of benzodiazepines with no additional fused rings is 1. The van der Waals surface area contributed by atoms with E-state index in [1.165, 1.54) is 57.3 Å². The number of aliphatic imine (C=N–C) groups is 1. The van der Waals surface area contributed by atoms with Crippen LogP contribution in [0.3, 0.4) is 0 Å². The lowest BCUT2D eigenvalue weighted by Gasteiger charge is -2.41. The molecule has 230 valence electrons. The predicted molar refractivity (Wildman–Crippen MR) is 173 cm³/mol. The van der Waals surface area contributed by atoms with Gasteiger partial charge in [0.1, 0.15) is 0 Å². The number of nitrogens with zero attached hydrogens (tertiary/aromatic N) is 4. The van der Waals surface area contributed by atoms with Crippen LogP contribution in [-0.2, 0) is 9.53 Å². The Hall–Kier alpha value is -3.39. The van der Waals surface area contributed by atoms with Gasteiger partial charge >= 0.3 is 6.09 Å². The largest absolute Gasteiger partial charge is 0.414 e. The molecule has 6 rings (SSSR count). The Morgan fingerprint density at radius 1 is 0.884 bits per heavy atom. The molecule has 2 aromatic carbocycles. The number of rotatable bonds is 7. The summed E-state index contributed by atoms with van der Waals surface area (Å²) in [5, 5.41) is 2.85. The Kier molecular flexibility index (Phi) is 9.61. The van der Waals surface area contributed by atoms with Gasteiger partial charge in [-0.15, -0.1) is 0 Å². The molecule has 1 atom stereocenters. The first-order valence-corrected chi connectivity index (χ1v) is 16.7. The molecule has 0 radical (unpaired) electrons. The van der Waals surface area contributed by atoms with Crippen molar-refractivity contribution in [2.75, 3.05) is 47.8 Å². The van der Waals surface area contributed by atoms with Gasteiger partial charge in [0, 0.05) is 48.5 Å². The molecular formula is C35H47N5O3. The van der Waals surface area contributed by atoms with Crippen molar-refractivity contribution in [1.82, 2.24) is 4.90 Å². The molecule has 4 aliphatic rings. The number of anilines is 3. The maximum atomic E-state index is 13.8. The van der Waals surface area contributed by atoms with Gasteiger partial charge in [-0.05, 0) is 88.4 Å². The van der Waals surface area contributed by atoms with Crippen molar-refractivity contribution in [2.45, 2.75) is 89.8 Å². The highest BCUT2D eigenvalue weighted by atomic mass is 16.6. The van der Waals surface area contributed by atoms with Crippen LogP contribution in [0.5, 0.6) is 0 Å². The highest BCUT2D eigenvalue weighted by molar-refractivity contribution is 6.13. The summed E-state index contributed by atoms with van der Waals surface area (Å²) in [4.78, 5) is 38.7. The second-order valence-corrected chi connectivity index (χ2v) is 12.6. The van der Waals surface area contributed by atoms with Gasteiger partial charge in [0.15, 0.2) is 0 Å². The summed E-state index contributed by atoms with van der Waals surface area (Å²) in [6.07, 6.45) is 11.0. The van der Waals surface area contributed by atoms with Crippen molar-refractivity contribution in [1.29, 1.82) is 0 Å². The number of para-hydroxylation sites is 1. The van der Waals surface area contributed by atoms with Crippen LogP contribution in [0.1, 0.15) is 83.1 Å². The molecule has 2 amide bonds. The zero-order valence-electron chi connectivity index (χ0n) is 25.7. The van der Waals surface area contributed by atoms with Crippen LogP contribution in [0.25, 0.3) is 0 Å². The third kappa shape index (κ3) is 6.90. The minimum Gasteiger partial charge on any atom is -0.414 e. The van der Waals surface area contributed by atoms with Crippen molar-refractivity contribution >= 4 is 34.8 Å². The van der Waals surface area contributed by atoms with Crippen molar-refractivity contribution in [3.8, 4) is 0 Å². The summed E-state index contributed by atoms with van der Waals surface area (Å²) >= 11 is 0. The van der Waals surface area contributed by atoms with Gasteiger partial charge in [0.25, 0.3) is 12.1 Å². The fourth-order valence-corrected chi connectivity index (χ4v) is 7.44. The molecule has 8 nitrogen and oxygen atoms in total. The van der Waals surface area contributed by atoms with E-state index < -0.39 is 12.3 Å². The zero-order chi connectivity index (χ0) is 29.6. The molecular weight excluding hydrogens is 538 g/mol. The molecule has 43 heavy (non-hydrogen) atoms. The van der Waals surface area contributed by atoms with Gasteiger partial charge < -0.3 is 19.4 Å². The molecule has 2 saturated heterocycles. The average molecular weight is 586 g/mol. The predicted octanol–water partition coefficient (Wildman–Crippen LogP) is 6.84. The molecule has 2 aromatic rings. The lowest BCUT2D eigenvalue weighted by Crippen LogP contribution is -2.46. The Morgan fingerprint density at radius 2 is 1.58 bits per heavy atom. The average Bonchev–Trinajstić information content (AvgIpc) is 3.17. The minimum atomic E-state index is -1.21. The van der Waals surface area contributed by atoms with E-state index in [0.29, 0.717) is 18.3 Å². The molecule has 1 saturated carbocycles. The Labute approximate surface area is 256 Å². The zero-order valence-corrected chi connectivity index (χ0v) is 25.7. The molecule has 3 fully saturated rings. The van der Waals surface area contributed by atoms with Gasteiger partial charge in [-0.3, -0.25) is 10.1 Å². The van der Waals surface area contributed by atoms with Gasteiger partial charge in [-0.1, -0.05) is 50.8 Å². The number of piperidine rings is 2. The van der Waals surface area contributed by atoms with Gasteiger partial charge in [-0.2, -0.15) is 0 Å². The third-order valence-electron chi connectivity index (χ3n) is 9.71.